The molecule has 0 amide bonds. The lowest BCUT2D eigenvalue weighted by Gasteiger charge is -2.34. The fraction of sp³-hybridized carbons (Fsp3) is 0.412. The minimum absolute atomic E-state index is 0.113. The van der Waals surface area contributed by atoms with Crippen LogP contribution in [0.4, 0.5) is 5.82 Å². The smallest absolute Gasteiger partial charge is 0.150 e. The molecule has 1 aliphatic carbocycles. The molecule has 1 aromatic heterocycles. The standard InChI is InChI=1S/C17H19BCl2N4/c1-17(22)7-5-9(6-8-17)13-15(18)23-14(16(21)24-13)10-3-2-4-11(19)12(10)20/h2-4,9H,5-8,22H2,1H3,(H2,21,24). The summed E-state index contributed by atoms with van der Waals surface area (Å²) in [4.78, 5) is 9.01. The normalized spacial score (nSPS) is 24.1. The lowest BCUT2D eigenvalue weighted by Crippen LogP contribution is -2.40. The Labute approximate surface area is 153 Å². The molecule has 1 saturated carbocycles. The largest absolute Gasteiger partial charge is 0.382 e. The van der Waals surface area contributed by atoms with Gasteiger partial charge in [0.25, 0.3) is 0 Å². The topological polar surface area (TPSA) is 77.8 Å². The summed E-state index contributed by atoms with van der Waals surface area (Å²) >= 11 is 12.3. The number of benzene rings is 1. The van der Waals surface area contributed by atoms with E-state index in [2.05, 4.69) is 16.9 Å². The number of halogens is 2. The summed E-state index contributed by atoms with van der Waals surface area (Å²) in [5.41, 5.74) is 14.5. The molecule has 124 valence electrons. The maximum atomic E-state index is 6.26. The van der Waals surface area contributed by atoms with Crippen LogP contribution >= 0.6 is 23.2 Å². The van der Waals surface area contributed by atoms with E-state index in [9.17, 15) is 0 Å². The van der Waals surface area contributed by atoms with E-state index in [1.54, 1.807) is 18.2 Å². The number of hydrogen-bond acceptors (Lipinski definition) is 4. The van der Waals surface area contributed by atoms with Crippen LogP contribution in [0.1, 0.15) is 44.2 Å². The first-order chi connectivity index (χ1) is 11.3. The molecule has 4 nitrogen and oxygen atoms in total. The van der Waals surface area contributed by atoms with Crippen molar-refractivity contribution in [3.8, 4) is 11.3 Å². The van der Waals surface area contributed by atoms with Crippen molar-refractivity contribution in [2.24, 2.45) is 5.73 Å². The molecule has 7 heteroatoms. The van der Waals surface area contributed by atoms with Crippen LogP contribution < -0.4 is 17.1 Å². The predicted molar refractivity (Wildman–Crippen MR) is 101 cm³/mol. The SMILES string of the molecule is [B]c1nc(-c2cccc(Cl)c2Cl)c(N)nc1C1CCC(C)(N)CC1. The van der Waals surface area contributed by atoms with E-state index < -0.39 is 0 Å². The van der Waals surface area contributed by atoms with Gasteiger partial charge in [0.05, 0.1) is 15.7 Å². The molecule has 1 aromatic carbocycles. The maximum Gasteiger partial charge on any atom is 0.150 e. The number of nitrogens with two attached hydrogens (primary N) is 2. The van der Waals surface area contributed by atoms with Crippen molar-refractivity contribution >= 4 is 42.5 Å². The average molecular weight is 361 g/mol. The van der Waals surface area contributed by atoms with Gasteiger partial charge in [0, 0.05) is 22.6 Å². The van der Waals surface area contributed by atoms with Crippen molar-refractivity contribution in [3.63, 3.8) is 0 Å². The number of nitrogens with zero attached hydrogens (tertiary/aromatic N) is 2. The second-order valence-electron chi connectivity index (χ2n) is 6.76. The Bertz CT molecular complexity index is 769. The summed E-state index contributed by atoms with van der Waals surface area (Å²) in [5.74, 6) is 0.546. The van der Waals surface area contributed by atoms with Crippen LogP contribution in [0.25, 0.3) is 11.3 Å². The van der Waals surface area contributed by atoms with E-state index in [4.69, 9.17) is 42.5 Å². The van der Waals surface area contributed by atoms with Gasteiger partial charge in [-0.1, -0.05) is 35.3 Å². The zero-order valence-electron chi connectivity index (χ0n) is 13.5. The Kier molecular flexibility index (Phi) is 4.78. The second kappa shape index (κ2) is 6.55. The Hall–Kier alpha value is -1.30. The average Bonchev–Trinajstić information content (AvgIpc) is 2.52. The monoisotopic (exact) mass is 360 g/mol. The molecule has 24 heavy (non-hydrogen) atoms. The van der Waals surface area contributed by atoms with E-state index >= 15 is 0 Å². The van der Waals surface area contributed by atoms with Crippen molar-refractivity contribution < 1.29 is 0 Å². The van der Waals surface area contributed by atoms with E-state index in [0.717, 1.165) is 31.4 Å². The molecule has 2 radical (unpaired) electrons. The minimum atomic E-state index is -0.113. The van der Waals surface area contributed by atoms with Crippen LogP contribution in [0.2, 0.25) is 10.0 Å². The molecule has 0 atom stereocenters. The van der Waals surface area contributed by atoms with E-state index in [1.807, 2.05) is 0 Å². The quantitative estimate of drug-likeness (QED) is 0.806. The van der Waals surface area contributed by atoms with E-state index in [0.29, 0.717) is 32.7 Å². The third-order valence-electron chi connectivity index (χ3n) is 4.70. The molecule has 4 N–H and O–H groups in total. The molecular formula is C17H19BCl2N4. The molecule has 0 saturated heterocycles. The Morgan fingerprint density at radius 1 is 1.21 bits per heavy atom. The molecule has 2 aromatic rings. The third kappa shape index (κ3) is 3.39. The molecule has 3 rings (SSSR count). The molecule has 0 spiro atoms. The van der Waals surface area contributed by atoms with Gasteiger partial charge in [-0.15, -0.1) is 0 Å². The van der Waals surface area contributed by atoms with Crippen LogP contribution in [0.15, 0.2) is 18.2 Å². The zero-order valence-corrected chi connectivity index (χ0v) is 15.0. The van der Waals surface area contributed by atoms with Gasteiger partial charge in [0.1, 0.15) is 19.4 Å². The molecule has 0 bridgehead atoms. The molecular weight excluding hydrogens is 342 g/mol. The van der Waals surface area contributed by atoms with Crippen LogP contribution in [0, 0.1) is 0 Å². The van der Waals surface area contributed by atoms with Crippen LogP contribution in [-0.4, -0.2) is 23.4 Å². The minimum Gasteiger partial charge on any atom is -0.382 e. The van der Waals surface area contributed by atoms with Gasteiger partial charge in [-0.25, -0.2) is 4.98 Å². The van der Waals surface area contributed by atoms with Crippen molar-refractivity contribution in [2.45, 2.75) is 44.1 Å². The first kappa shape index (κ1) is 17.5. The lowest BCUT2D eigenvalue weighted by molar-refractivity contribution is 0.293. The second-order valence-corrected chi connectivity index (χ2v) is 7.54. The number of aromatic nitrogens is 2. The highest BCUT2D eigenvalue weighted by molar-refractivity contribution is 6.43. The summed E-state index contributed by atoms with van der Waals surface area (Å²) in [7, 11) is 6.18. The van der Waals surface area contributed by atoms with Crippen molar-refractivity contribution in [3.05, 3.63) is 33.9 Å². The number of nitrogen functional groups attached to an aromatic ring is 1. The highest BCUT2D eigenvalue weighted by Crippen LogP contribution is 2.37. The van der Waals surface area contributed by atoms with Crippen LogP contribution in [0.3, 0.4) is 0 Å². The molecule has 1 heterocycles. The Morgan fingerprint density at radius 3 is 2.54 bits per heavy atom. The molecule has 0 unspecified atom stereocenters. The van der Waals surface area contributed by atoms with Gasteiger partial charge in [0.15, 0.2) is 0 Å². The molecule has 1 fully saturated rings. The molecule has 0 aliphatic heterocycles. The van der Waals surface area contributed by atoms with Crippen molar-refractivity contribution in [1.29, 1.82) is 0 Å². The highest BCUT2D eigenvalue weighted by Gasteiger charge is 2.30. The number of hydrogen-bond donors (Lipinski definition) is 2. The summed E-state index contributed by atoms with van der Waals surface area (Å²) < 4.78 is 0. The number of rotatable bonds is 2. The maximum absolute atomic E-state index is 6.26. The van der Waals surface area contributed by atoms with E-state index in [1.165, 1.54) is 0 Å². The zero-order chi connectivity index (χ0) is 17.5. The predicted octanol–water partition coefficient (Wildman–Crippen LogP) is 3.20. The highest BCUT2D eigenvalue weighted by atomic mass is 35.5. The first-order valence-corrected chi connectivity index (χ1v) is 8.70. The van der Waals surface area contributed by atoms with Crippen molar-refractivity contribution in [1.82, 2.24) is 9.97 Å². The van der Waals surface area contributed by atoms with E-state index in [-0.39, 0.29) is 11.5 Å². The fourth-order valence-electron chi connectivity index (χ4n) is 3.21. The summed E-state index contributed by atoms with van der Waals surface area (Å²) in [6.07, 6.45) is 3.73. The number of anilines is 1. The van der Waals surface area contributed by atoms with Crippen molar-refractivity contribution in [2.75, 3.05) is 5.73 Å². The summed E-state index contributed by atoms with van der Waals surface area (Å²) in [6.45, 7) is 2.08. The summed E-state index contributed by atoms with van der Waals surface area (Å²) in [5, 5.41) is 0.830. The van der Waals surface area contributed by atoms with Gasteiger partial charge in [0.2, 0.25) is 0 Å². The van der Waals surface area contributed by atoms with Gasteiger partial charge in [-0.2, -0.15) is 0 Å². The first-order valence-electron chi connectivity index (χ1n) is 7.94. The van der Waals surface area contributed by atoms with Gasteiger partial charge in [-0.3, -0.25) is 4.98 Å². The van der Waals surface area contributed by atoms with Gasteiger partial charge < -0.3 is 11.5 Å². The van der Waals surface area contributed by atoms with Gasteiger partial charge in [-0.05, 0) is 38.7 Å². The summed E-state index contributed by atoms with van der Waals surface area (Å²) in [6, 6.07) is 5.30. The fourth-order valence-corrected chi connectivity index (χ4v) is 3.60. The Balaban J connectivity index is 1.96. The van der Waals surface area contributed by atoms with Crippen LogP contribution in [0.5, 0.6) is 0 Å². The van der Waals surface area contributed by atoms with Gasteiger partial charge >= 0.3 is 0 Å². The van der Waals surface area contributed by atoms with Crippen LogP contribution in [-0.2, 0) is 0 Å². The molecule has 1 aliphatic rings. The third-order valence-corrected chi connectivity index (χ3v) is 5.52. The lowest BCUT2D eigenvalue weighted by atomic mass is 9.75. The Morgan fingerprint density at radius 2 is 1.88 bits per heavy atom.